The molecular formula is C11H12N2O2. The number of anilines is 1. The standard InChI is InChI=1S/C11H12N2O2/c14-7-9-5-11(6-10(8-15)12-9)13-3-1-2-4-13/h5-8H,1-4H2. The van der Waals surface area contributed by atoms with Crippen LogP contribution in [0.3, 0.4) is 0 Å². The maximum atomic E-state index is 10.6. The van der Waals surface area contributed by atoms with Gasteiger partial charge >= 0.3 is 0 Å². The summed E-state index contributed by atoms with van der Waals surface area (Å²) in [6, 6.07) is 3.46. The van der Waals surface area contributed by atoms with Crippen molar-refractivity contribution in [1.29, 1.82) is 0 Å². The SMILES string of the molecule is O=Cc1cc(N2CCCC2)cc(C=O)n1. The number of carbonyl (C=O) groups excluding carboxylic acids is 2. The Kier molecular flexibility index (Phi) is 2.76. The number of aldehydes is 2. The molecule has 0 unspecified atom stereocenters. The van der Waals surface area contributed by atoms with Crippen molar-refractivity contribution in [3.63, 3.8) is 0 Å². The van der Waals surface area contributed by atoms with E-state index in [0.717, 1.165) is 31.6 Å². The summed E-state index contributed by atoms with van der Waals surface area (Å²) in [5.74, 6) is 0. The topological polar surface area (TPSA) is 50.3 Å². The number of hydrogen-bond donors (Lipinski definition) is 0. The highest BCUT2D eigenvalue weighted by Gasteiger charge is 2.13. The molecule has 1 aliphatic heterocycles. The maximum Gasteiger partial charge on any atom is 0.168 e. The Morgan fingerprint density at radius 3 is 2.07 bits per heavy atom. The fourth-order valence-electron chi connectivity index (χ4n) is 1.84. The lowest BCUT2D eigenvalue weighted by Crippen LogP contribution is -2.18. The third-order valence-electron chi connectivity index (χ3n) is 2.56. The molecule has 1 fully saturated rings. The normalized spacial score (nSPS) is 15.3. The third kappa shape index (κ3) is 2.03. The molecule has 0 N–H and O–H groups in total. The second kappa shape index (κ2) is 4.21. The van der Waals surface area contributed by atoms with E-state index in [1.54, 1.807) is 12.1 Å². The summed E-state index contributed by atoms with van der Waals surface area (Å²) in [5.41, 5.74) is 1.56. The summed E-state index contributed by atoms with van der Waals surface area (Å²) in [5, 5.41) is 0. The van der Waals surface area contributed by atoms with Crippen LogP contribution in [0, 0.1) is 0 Å². The quantitative estimate of drug-likeness (QED) is 0.696. The molecule has 1 aromatic rings. The Morgan fingerprint density at radius 2 is 1.60 bits per heavy atom. The number of carbonyl (C=O) groups is 2. The Labute approximate surface area is 87.9 Å². The predicted octanol–water partition coefficient (Wildman–Crippen LogP) is 1.31. The monoisotopic (exact) mass is 204 g/mol. The van der Waals surface area contributed by atoms with Crippen LogP contribution in [0.25, 0.3) is 0 Å². The molecule has 4 heteroatoms. The van der Waals surface area contributed by atoms with Crippen LogP contribution in [0.1, 0.15) is 33.8 Å². The van der Waals surface area contributed by atoms with E-state index in [2.05, 4.69) is 9.88 Å². The second-order valence-corrected chi connectivity index (χ2v) is 3.60. The zero-order chi connectivity index (χ0) is 10.7. The molecule has 1 saturated heterocycles. The molecule has 2 rings (SSSR count). The van der Waals surface area contributed by atoms with Gasteiger partial charge in [0.15, 0.2) is 12.6 Å². The maximum absolute atomic E-state index is 10.6. The highest BCUT2D eigenvalue weighted by atomic mass is 16.1. The van der Waals surface area contributed by atoms with Crippen LogP contribution >= 0.6 is 0 Å². The predicted molar refractivity (Wildman–Crippen MR) is 56.5 cm³/mol. The molecule has 0 amide bonds. The minimum Gasteiger partial charge on any atom is -0.371 e. The van der Waals surface area contributed by atoms with Crippen LogP contribution in [0.4, 0.5) is 5.69 Å². The first-order valence-corrected chi connectivity index (χ1v) is 5.01. The molecule has 78 valence electrons. The van der Waals surface area contributed by atoms with E-state index in [9.17, 15) is 9.59 Å². The number of pyridine rings is 1. The molecular weight excluding hydrogens is 192 g/mol. The molecule has 0 aliphatic carbocycles. The van der Waals surface area contributed by atoms with Gasteiger partial charge in [-0.15, -0.1) is 0 Å². The number of aromatic nitrogens is 1. The van der Waals surface area contributed by atoms with Crippen LogP contribution in [-0.2, 0) is 0 Å². The van der Waals surface area contributed by atoms with E-state index >= 15 is 0 Å². The first-order valence-electron chi connectivity index (χ1n) is 5.01. The number of nitrogens with zero attached hydrogens (tertiary/aromatic N) is 2. The molecule has 1 aromatic heterocycles. The Morgan fingerprint density at radius 1 is 1.07 bits per heavy atom. The lowest BCUT2D eigenvalue weighted by Gasteiger charge is -2.17. The molecule has 2 heterocycles. The van der Waals surface area contributed by atoms with Gasteiger partial charge in [-0.25, -0.2) is 4.98 Å². The molecule has 1 aliphatic rings. The van der Waals surface area contributed by atoms with Crippen LogP contribution in [-0.4, -0.2) is 30.6 Å². The number of rotatable bonds is 3. The van der Waals surface area contributed by atoms with Crippen molar-refractivity contribution >= 4 is 18.3 Å². The van der Waals surface area contributed by atoms with Gasteiger partial charge in [-0.1, -0.05) is 0 Å². The van der Waals surface area contributed by atoms with Gasteiger partial charge in [-0.2, -0.15) is 0 Å². The summed E-state index contributed by atoms with van der Waals surface area (Å²) >= 11 is 0. The zero-order valence-electron chi connectivity index (χ0n) is 8.35. The van der Waals surface area contributed by atoms with Crippen LogP contribution in [0.15, 0.2) is 12.1 Å². The highest BCUT2D eigenvalue weighted by molar-refractivity contribution is 5.80. The highest BCUT2D eigenvalue weighted by Crippen LogP contribution is 2.20. The van der Waals surface area contributed by atoms with Crippen molar-refractivity contribution in [3.8, 4) is 0 Å². The average molecular weight is 204 g/mol. The summed E-state index contributed by atoms with van der Waals surface area (Å²) in [4.78, 5) is 27.3. The van der Waals surface area contributed by atoms with Crippen molar-refractivity contribution in [2.24, 2.45) is 0 Å². The fourth-order valence-corrected chi connectivity index (χ4v) is 1.84. The van der Waals surface area contributed by atoms with Crippen molar-refractivity contribution < 1.29 is 9.59 Å². The first-order chi connectivity index (χ1) is 7.33. The zero-order valence-corrected chi connectivity index (χ0v) is 8.35. The second-order valence-electron chi connectivity index (χ2n) is 3.60. The van der Waals surface area contributed by atoms with Gasteiger partial charge in [0.05, 0.1) is 0 Å². The Bertz CT molecular complexity index is 358. The summed E-state index contributed by atoms with van der Waals surface area (Å²) in [6.45, 7) is 1.97. The summed E-state index contributed by atoms with van der Waals surface area (Å²) in [6.07, 6.45) is 3.67. The van der Waals surface area contributed by atoms with Gasteiger partial charge in [0.25, 0.3) is 0 Å². The molecule has 15 heavy (non-hydrogen) atoms. The van der Waals surface area contributed by atoms with Gasteiger partial charge in [0.1, 0.15) is 11.4 Å². The Balaban J connectivity index is 2.36. The lowest BCUT2D eigenvalue weighted by atomic mass is 10.2. The van der Waals surface area contributed by atoms with E-state index in [-0.39, 0.29) is 0 Å². The molecule has 0 spiro atoms. The van der Waals surface area contributed by atoms with Crippen molar-refractivity contribution in [3.05, 3.63) is 23.5 Å². The minimum absolute atomic E-state index is 0.321. The van der Waals surface area contributed by atoms with Gasteiger partial charge in [0, 0.05) is 18.8 Å². The molecule has 0 atom stereocenters. The van der Waals surface area contributed by atoms with Crippen molar-refractivity contribution in [1.82, 2.24) is 4.98 Å². The van der Waals surface area contributed by atoms with Gasteiger partial charge in [-0.05, 0) is 25.0 Å². The van der Waals surface area contributed by atoms with Crippen molar-refractivity contribution in [2.45, 2.75) is 12.8 Å². The van der Waals surface area contributed by atoms with E-state index < -0.39 is 0 Å². The van der Waals surface area contributed by atoms with Gasteiger partial charge in [-0.3, -0.25) is 9.59 Å². The molecule has 0 bridgehead atoms. The van der Waals surface area contributed by atoms with Crippen LogP contribution in [0.5, 0.6) is 0 Å². The van der Waals surface area contributed by atoms with E-state index in [1.165, 1.54) is 0 Å². The smallest absolute Gasteiger partial charge is 0.168 e. The van der Waals surface area contributed by atoms with Gasteiger partial charge in [0.2, 0.25) is 0 Å². The minimum atomic E-state index is 0.321. The molecule has 0 radical (unpaired) electrons. The fraction of sp³-hybridized carbons (Fsp3) is 0.364. The molecule has 0 saturated carbocycles. The van der Waals surface area contributed by atoms with E-state index in [4.69, 9.17) is 0 Å². The molecule has 0 aromatic carbocycles. The van der Waals surface area contributed by atoms with E-state index in [1.807, 2.05) is 0 Å². The summed E-state index contributed by atoms with van der Waals surface area (Å²) in [7, 11) is 0. The first kappa shape index (κ1) is 9.83. The summed E-state index contributed by atoms with van der Waals surface area (Å²) < 4.78 is 0. The van der Waals surface area contributed by atoms with Crippen molar-refractivity contribution in [2.75, 3.05) is 18.0 Å². The van der Waals surface area contributed by atoms with Gasteiger partial charge < -0.3 is 4.90 Å². The lowest BCUT2D eigenvalue weighted by molar-refractivity contribution is 0.111. The molecule has 4 nitrogen and oxygen atoms in total. The third-order valence-corrected chi connectivity index (χ3v) is 2.56. The number of hydrogen-bond acceptors (Lipinski definition) is 4. The van der Waals surface area contributed by atoms with Crippen LogP contribution < -0.4 is 4.90 Å². The largest absolute Gasteiger partial charge is 0.371 e. The van der Waals surface area contributed by atoms with E-state index in [0.29, 0.717) is 24.0 Å². The Hall–Kier alpha value is -1.71. The van der Waals surface area contributed by atoms with Crippen LogP contribution in [0.2, 0.25) is 0 Å². The average Bonchev–Trinajstić information content (AvgIpc) is 2.81.